The van der Waals surface area contributed by atoms with Gasteiger partial charge in [-0.15, -0.1) is 0 Å². The number of para-hydroxylation sites is 1. The average molecular weight is 1610 g/mol. The maximum atomic E-state index is 15.1. The Labute approximate surface area is 678 Å². The molecule has 1 aliphatic heterocycles. The van der Waals surface area contributed by atoms with Crippen molar-refractivity contribution in [2.45, 2.75) is 218 Å². The molecule has 1 saturated heterocycles. The number of nitrogens with two attached hydrogens (primary N) is 5. The number of rotatable bonds is 48. The first-order chi connectivity index (χ1) is 55.3. The van der Waals surface area contributed by atoms with E-state index in [4.69, 9.17) is 28.7 Å². The highest BCUT2D eigenvalue weighted by molar-refractivity contribution is 6.00. The maximum absolute atomic E-state index is 15.1. The van der Waals surface area contributed by atoms with Gasteiger partial charge in [-0.05, 0) is 123 Å². The molecular formula is C83H121N19O14. The van der Waals surface area contributed by atoms with Crippen LogP contribution in [0.1, 0.15) is 142 Å². The molecule has 0 bridgehead atoms. The van der Waals surface area contributed by atoms with Gasteiger partial charge in [0, 0.05) is 49.5 Å². The molecule has 1 fully saturated rings. The fourth-order valence-corrected chi connectivity index (χ4v) is 13.6. The van der Waals surface area contributed by atoms with Gasteiger partial charge in [0.1, 0.15) is 66.5 Å². The van der Waals surface area contributed by atoms with Crippen LogP contribution in [0.5, 0.6) is 0 Å². The molecular weight excluding hydrogens is 1490 g/mol. The minimum atomic E-state index is -1.77. The molecule has 2 heterocycles. The highest BCUT2D eigenvalue weighted by Crippen LogP contribution is 2.24. The van der Waals surface area contributed by atoms with Crippen LogP contribution >= 0.6 is 0 Å². The lowest BCUT2D eigenvalue weighted by molar-refractivity contribution is -0.143. The molecule has 1 aromatic heterocycles. The standard InChI is InChI=1S/C83H121N19O14/c1-9-51(8)70(81(115)94-61(71(86)105)39-48(2)3)101-75(109)59(34-23-37-89-83(87)88)92-68(104)46-91-73(107)62(40-49(4)5)95-76(110)63(42-53-27-15-11-16-28-53)96-74(108)60(33-21-22-36-84)93-79(113)66(47-103)99-77(111)64(43-54-29-17-12-18-30-54)97-78(112)65(44-55-45-90-58-32-20-19-31-56(55)58)98-80(114)67-35-24-38-102(67)82(116)69(50(6)7)100-72(106)57(85)41-52-25-13-10-14-26-52/h10-20,25-32,45,48-51,57,59-67,69-70,90,103H,9,21-24,33-44,46-47,84-85H2,1-8H3,(H2,86,105)(H,91,107)(H,92,104)(H,93,113)(H,94,115)(H,95,110)(H,96,108)(H,97,112)(H,98,114)(H,99,111)(H,100,106)(H,101,109)(H4,87,88,89)/t51-,57-,59-,60-,61-,62+,63-,64-,65-,66-,67-,69-,70-/m0/s1. The molecule has 632 valence electrons. The van der Waals surface area contributed by atoms with Gasteiger partial charge in [-0.25, -0.2) is 0 Å². The van der Waals surface area contributed by atoms with E-state index in [2.05, 4.69) is 68.5 Å². The van der Waals surface area contributed by atoms with E-state index in [1.165, 1.54) is 4.90 Å². The molecule has 0 spiro atoms. The molecule has 0 saturated carbocycles. The number of nitrogens with zero attached hydrogens (tertiary/aromatic N) is 2. The van der Waals surface area contributed by atoms with Gasteiger partial charge in [0.2, 0.25) is 76.8 Å². The lowest BCUT2D eigenvalue weighted by atomic mass is 9.96. The smallest absolute Gasteiger partial charge is 0.246 e. The van der Waals surface area contributed by atoms with E-state index in [1.807, 2.05) is 68.4 Å². The van der Waals surface area contributed by atoms with Crippen LogP contribution < -0.4 is 87.2 Å². The second kappa shape index (κ2) is 47.5. The van der Waals surface area contributed by atoms with E-state index in [0.717, 1.165) is 16.5 Å². The molecule has 116 heavy (non-hydrogen) atoms. The number of amides is 13. The quantitative estimate of drug-likeness (QED) is 0.0140. The number of aliphatic imine (C=N–C) groups is 1. The Kier molecular flexibility index (Phi) is 38.3. The molecule has 4 aromatic carbocycles. The lowest BCUT2D eigenvalue weighted by Gasteiger charge is -2.32. The zero-order valence-electron chi connectivity index (χ0n) is 67.8. The molecule has 13 atom stereocenters. The number of fused-ring (bicyclic) bond motifs is 1. The molecule has 1 aliphatic rings. The first kappa shape index (κ1) is 93.5. The Morgan fingerprint density at radius 3 is 1.53 bits per heavy atom. The van der Waals surface area contributed by atoms with Gasteiger partial charge in [0.05, 0.1) is 19.2 Å². The predicted molar refractivity (Wildman–Crippen MR) is 440 cm³/mol. The van der Waals surface area contributed by atoms with Crippen molar-refractivity contribution >= 4 is 93.7 Å². The van der Waals surface area contributed by atoms with Gasteiger partial charge in [-0.2, -0.15) is 0 Å². The predicted octanol–water partition coefficient (Wildman–Crippen LogP) is 0.175. The van der Waals surface area contributed by atoms with Crippen molar-refractivity contribution in [1.82, 2.24) is 68.4 Å². The molecule has 23 N–H and O–H groups in total. The summed E-state index contributed by atoms with van der Waals surface area (Å²) in [5, 5.41) is 41.5. The summed E-state index contributed by atoms with van der Waals surface area (Å²) < 4.78 is 0. The monoisotopic (exact) mass is 1610 g/mol. The zero-order chi connectivity index (χ0) is 85.1. The van der Waals surface area contributed by atoms with Crippen molar-refractivity contribution in [2.75, 3.05) is 32.8 Å². The van der Waals surface area contributed by atoms with Crippen LogP contribution in [0.15, 0.2) is 126 Å². The molecule has 0 aliphatic carbocycles. The Hall–Kier alpha value is -11.3. The van der Waals surface area contributed by atoms with E-state index in [-0.39, 0.29) is 108 Å². The fourth-order valence-electron chi connectivity index (χ4n) is 13.6. The van der Waals surface area contributed by atoms with Gasteiger partial charge in [0.15, 0.2) is 5.96 Å². The number of aliphatic hydroxyl groups is 1. The van der Waals surface area contributed by atoms with E-state index in [0.29, 0.717) is 36.0 Å². The largest absolute Gasteiger partial charge is 0.394 e. The van der Waals surface area contributed by atoms with Crippen LogP contribution in [0.25, 0.3) is 10.9 Å². The number of benzene rings is 4. The summed E-state index contributed by atoms with van der Waals surface area (Å²) in [6.07, 6.45) is 3.53. The number of carbonyl (C=O) groups is 13. The van der Waals surface area contributed by atoms with Crippen molar-refractivity contribution in [3.63, 3.8) is 0 Å². The first-order valence-electron chi connectivity index (χ1n) is 40.0. The number of aromatic amines is 1. The molecule has 6 rings (SSSR count). The number of unbranched alkanes of at least 4 members (excludes halogenated alkanes) is 1. The minimum absolute atomic E-state index is 0.0156. The number of likely N-dealkylation sites (tertiary alicyclic amines) is 1. The number of carbonyl (C=O) groups excluding carboxylic acids is 13. The summed E-state index contributed by atoms with van der Waals surface area (Å²) in [6.45, 7) is 13.1. The molecule has 0 unspecified atom stereocenters. The highest BCUT2D eigenvalue weighted by atomic mass is 16.3. The summed E-state index contributed by atoms with van der Waals surface area (Å²) in [5.41, 5.74) is 32.3. The number of primary amides is 1. The topological polar surface area (TPSA) is 536 Å². The average Bonchev–Trinajstić information content (AvgIpc) is 1.65. The van der Waals surface area contributed by atoms with Crippen molar-refractivity contribution in [3.8, 4) is 0 Å². The van der Waals surface area contributed by atoms with Crippen molar-refractivity contribution in [1.29, 1.82) is 0 Å². The van der Waals surface area contributed by atoms with Crippen molar-refractivity contribution in [2.24, 2.45) is 57.3 Å². The molecule has 33 nitrogen and oxygen atoms in total. The van der Waals surface area contributed by atoms with E-state index in [1.54, 1.807) is 108 Å². The summed E-state index contributed by atoms with van der Waals surface area (Å²) in [5.74, 6) is -11.5. The van der Waals surface area contributed by atoms with E-state index < -0.39 is 174 Å². The molecule has 5 aromatic rings. The SMILES string of the molecule is CC[C@H](C)[C@H](NC(=O)[C@H](CCCN=C(N)N)NC(=O)CNC(=O)[C@@H](CC(C)C)NC(=O)[C@H](Cc1ccccc1)NC(=O)[C@H](CCCCN)NC(=O)[C@H](CO)NC(=O)[C@H](Cc1ccccc1)NC(=O)[C@H](Cc1c[nH]c2ccccc12)NC(=O)[C@@H]1CCCN1C(=O)[C@@H](NC(=O)[C@@H](N)Cc1ccccc1)C(C)C)C(=O)N[C@@H](CC(C)C)C(N)=O. The van der Waals surface area contributed by atoms with Crippen molar-refractivity contribution < 1.29 is 67.4 Å². The second-order valence-electron chi connectivity index (χ2n) is 30.9. The van der Waals surface area contributed by atoms with Gasteiger partial charge in [-0.1, -0.05) is 171 Å². The first-order valence-corrected chi connectivity index (χ1v) is 40.0. The van der Waals surface area contributed by atoms with Crippen LogP contribution in [0.3, 0.4) is 0 Å². The normalized spacial score (nSPS) is 15.7. The molecule has 13 amide bonds. The number of hydrogen-bond donors (Lipinski definition) is 18. The molecule has 33 heteroatoms. The Morgan fingerprint density at radius 2 is 0.983 bits per heavy atom. The van der Waals surface area contributed by atoms with Crippen LogP contribution in [0.2, 0.25) is 0 Å². The van der Waals surface area contributed by atoms with Gasteiger partial charge >= 0.3 is 0 Å². The van der Waals surface area contributed by atoms with Gasteiger partial charge in [0.25, 0.3) is 0 Å². The van der Waals surface area contributed by atoms with Crippen LogP contribution in [-0.4, -0.2) is 203 Å². The lowest BCUT2D eigenvalue weighted by Crippen LogP contribution is -2.61. The third-order valence-electron chi connectivity index (χ3n) is 20.2. The van der Waals surface area contributed by atoms with Gasteiger partial charge in [-0.3, -0.25) is 67.3 Å². The minimum Gasteiger partial charge on any atom is -0.394 e. The second-order valence-corrected chi connectivity index (χ2v) is 30.9. The number of guanidine groups is 1. The number of nitrogens with one attached hydrogen (secondary N) is 12. The number of H-pyrrole nitrogens is 1. The Balaban J connectivity index is 1.20. The van der Waals surface area contributed by atoms with Gasteiger partial charge < -0.3 is 102 Å². The number of aromatic nitrogens is 1. The fraction of sp³-hybridized carbons (Fsp3) is 0.518. The third kappa shape index (κ3) is 30.1. The van der Waals surface area contributed by atoms with Crippen LogP contribution in [0.4, 0.5) is 0 Å². The van der Waals surface area contributed by atoms with E-state index in [9.17, 15) is 62.6 Å². The highest BCUT2D eigenvalue weighted by Gasteiger charge is 2.42. The summed E-state index contributed by atoms with van der Waals surface area (Å²) >= 11 is 0. The van der Waals surface area contributed by atoms with Crippen LogP contribution in [0, 0.1) is 23.7 Å². The molecule has 0 radical (unpaired) electrons. The van der Waals surface area contributed by atoms with E-state index >= 15 is 4.79 Å². The van der Waals surface area contributed by atoms with Crippen molar-refractivity contribution in [3.05, 3.63) is 144 Å². The summed E-state index contributed by atoms with van der Waals surface area (Å²) in [7, 11) is 0. The number of aliphatic hydroxyl groups excluding tert-OH is 1. The zero-order valence-corrected chi connectivity index (χ0v) is 67.8. The third-order valence-corrected chi connectivity index (χ3v) is 20.2. The number of hydrogen-bond acceptors (Lipinski definition) is 17. The Bertz CT molecular complexity index is 4110. The van der Waals surface area contributed by atoms with Crippen LogP contribution in [-0.2, 0) is 88.0 Å². The Morgan fingerprint density at radius 1 is 0.509 bits per heavy atom. The summed E-state index contributed by atoms with van der Waals surface area (Å²) in [6, 6.07) is 18.2. The maximum Gasteiger partial charge on any atom is 0.246 e. The summed E-state index contributed by atoms with van der Waals surface area (Å²) in [4.78, 5) is 194.